The molecule has 8 heteroatoms. The predicted octanol–water partition coefficient (Wildman–Crippen LogP) is 1.85. The van der Waals surface area contributed by atoms with Gasteiger partial charge in [-0.2, -0.15) is 5.10 Å². The lowest BCUT2D eigenvalue weighted by Crippen LogP contribution is -2.30. The van der Waals surface area contributed by atoms with Crippen molar-refractivity contribution in [3.63, 3.8) is 0 Å². The summed E-state index contributed by atoms with van der Waals surface area (Å²) in [4.78, 5) is 22.0. The van der Waals surface area contributed by atoms with Gasteiger partial charge in [0.2, 0.25) is 0 Å². The number of nitro benzene ring substituents is 1. The van der Waals surface area contributed by atoms with Gasteiger partial charge < -0.3 is 10.4 Å². The molecule has 2 aromatic rings. The molecule has 1 aromatic heterocycles. The van der Waals surface area contributed by atoms with E-state index in [9.17, 15) is 20.0 Å². The minimum absolute atomic E-state index is 0.0545. The van der Waals surface area contributed by atoms with Crippen LogP contribution in [0.25, 0.3) is 0 Å². The van der Waals surface area contributed by atoms with Crippen LogP contribution in [0.5, 0.6) is 0 Å². The zero-order valence-electron chi connectivity index (χ0n) is 13.1. The number of hydrogen-bond donors (Lipinski definition) is 2. The smallest absolute Gasteiger partial charge is 0.293 e. The second-order valence-electron chi connectivity index (χ2n) is 5.58. The molecular formula is C15H18N4O4. The Morgan fingerprint density at radius 1 is 1.52 bits per heavy atom. The van der Waals surface area contributed by atoms with Gasteiger partial charge in [0.1, 0.15) is 11.3 Å². The highest BCUT2D eigenvalue weighted by atomic mass is 16.6. The summed E-state index contributed by atoms with van der Waals surface area (Å²) in [7, 11) is 1.73. The Morgan fingerprint density at radius 2 is 2.22 bits per heavy atom. The summed E-state index contributed by atoms with van der Waals surface area (Å²) in [5, 5.41) is 28.5. The molecule has 0 aliphatic heterocycles. The van der Waals surface area contributed by atoms with Crippen molar-refractivity contribution in [3.05, 3.63) is 51.8 Å². The topological polar surface area (TPSA) is 110 Å². The zero-order chi connectivity index (χ0) is 17.2. The lowest BCUT2D eigenvalue weighted by molar-refractivity contribution is -0.384. The average Bonchev–Trinajstić information content (AvgIpc) is 2.92. The summed E-state index contributed by atoms with van der Waals surface area (Å²) in [6.45, 7) is 2.99. The molecule has 0 bridgehead atoms. The molecule has 8 nitrogen and oxygen atoms in total. The monoisotopic (exact) mass is 318 g/mol. The van der Waals surface area contributed by atoms with Crippen LogP contribution in [0, 0.1) is 10.1 Å². The number of benzene rings is 1. The van der Waals surface area contributed by atoms with E-state index in [1.807, 2.05) is 0 Å². The van der Waals surface area contributed by atoms with Gasteiger partial charge in [0.15, 0.2) is 5.78 Å². The fourth-order valence-corrected chi connectivity index (χ4v) is 2.12. The minimum atomic E-state index is -1.25. The highest BCUT2D eigenvalue weighted by Gasteiger charge is 2.26. The maximum absolute atomic E-state index is 11.3. The van der Waals surface area contributed by atoms with E-state index < -0.39 is 10.5 Å². The molecular weight excluding hydrogens is 300 g/mol. The summed E-state index contributed by atoms with van der Waals surface area (Å²) in [6, 6.07) is 4.20. The molecule has 1 heterocycles. The van der Waals surface area contributed by atoms with Crippen molar-refractivity contribution in [2.75, 3.05) is 11.9 Å². The number of Topliss-reactive ketones (excluding diaryl/α,β-unsaturated/α-hetero) is 1. The number of nitrogens with one attached hydrogen (secondary N) is 1. The first-order chi connectivity index (χ1) is 10.7. The molecule has 2 N–H and O–H groups in total. The Kier molecular flexibility index (Phi) is 4.46. The number of nitrogens with zero attached hydrogens (tertiary/aromatic N) is 3. The molecule has 0 saturated carbocycles. The van der Waals surface area contributed by atoms with E-state index in [-0.39, 0.29) is 29.3 Å². The molecule has 2 rings (SSSR count). The first-order valence-corrected chi connectivity index (χ1v) is 6.95. The van der Waals surface area contributed by atoms with Gasteiger partial charge in [-0.05, 0) is 26.0 Å². The molecule has 0 radical (unpaired) electrons. The molecule has 0 unspecified atom stereocenters. The maximum atomic E-state index is 11.3. The van der Waals surface area contributed by atoms with Crippen molar-refractivity contribution in [2.24, 2.45) is 7.05 Å². The molecule has 0 aliphatic carbocycles. The van der Waals surface area contributed by atoms with E-state index in [2.05, 4.69) is 10.4 Å². The van der Waals surface area contributed by atoms with Gasteiger partial charge in [-0.3, -0.25) is 19.6 Å². The highest BCUT2D eigenvalue weighted by molar-refractivity contribution is 5.95. The number of aliphatic hydroxyl groups is 1. The number of carbonyl (C=O) groups excluding carboxylic acids is 1. The number of hydrogen-bond acceptors (Lipinski definition) is 6. The highest BCUT2D eigenvalue weighted by Crippen LogP contribution is 2.28. The van der Waals surface area contributed by atoms with Crippen molar-refractivity contribution in [2.45, 2.75) is 19.4 Å². The predicted molar refractivity (Wildman–Crippen MR) is 84.4 cm³/mol. The van der Waals surface area contributed by atoms with Crippen LogP contribution in [0.15, 0.2) is 30.6 Å². The van der Waals surface area contributed by atoms with Crippen LogP contribution in [-0.4, -0.2) is 32.1 Å². The van der Waals surface area contributed by atoms with Crippen LogP contribution in [0.2, 0.25) is 0 Å². The zero-order valence-corrected chi connectivity index (χ0v) is 13.1. The molecule has 0 aliphatic rings. The summed E-state index contributed by atoms with van der Waals surface area (Å²) < 4.78 is 1.56. The number of rotatable bonds is 6. The largest absolute Gasteiger partial charge is 0.383 e. The second-order valence-corrected chi connectivity index (χ2v) is 5.58. The Morgan fingerprint density at radius 3 is 2.74 bits per heavy atom. The van der Waals surface area contributed by atoms with Crippen LogP contribution in [0.1, 0.15) is 29.8 Å². The number of nitro groups is 1. The summed E-state index contributed by atoms with van der Waals surface area (Å²) >= 11 is 0. The van der Waals surface area contributed by atoms with Crippen LogP contribution in [-0.2, 0) is 12.6 Å². The van der Waals surface area contributed by atoms with Crippen molar-refractivity contribution < 1.29 is 14.8 Å². The number of aromatic nitrogens is 2. The van der Waals surface area contributed by atoms with E-state index >= 15 is 0 Å². The number of ketones is 1. The lowest BCUT2D eigenvalue weighted by atomic mass is 9.99. The lowest BCUT2D eigenvalue weighted by Gasteiger charge is -2.23. The molecule has 0 fully saturated rings. The van der Waals surface area contributed by atoms with Gasteiger partial charge >= 0.3 is 0 Å². The summed E-state index contributed by atoms with van der Waals surface area (Å²) in [5.74, 6) is -0.248. The van der Waals surface area contributed by atoms with Gasteiger partial charge in [0, 0.05) is 37.0 Å². The first-order valence-electron chi connectivity index (χ1n) is 6.95. The standard InChI is InChI=1S/C15H18N4O4/c1-10(20)11-4-5-13(14(6-11)19(22)23)16-9-15(2,21)12-7-17-18(3)8-12/h4-8,16,21H,9H2,1-3H3/t15-/m0/s1. The van der Waals surface area contributed by atoms with Gasteiger partial charge in [-0.1, -0.05) is 0 Å². The van der Waals surface area contributed by atoms with E-state index in [1.54, 1.807) is 24.9 Å². The third-order valence-corrected chi connectivity index (χ3v) is 3.55. The van der Waals surface area contributed by atoms with E-state index in [4.69, 9.17) is 0 Å². The Balaban J connectivity index is 2.23. The molecule has 23 heavy (non-hydrogen) atoms. The van der Waals surface area contributed by atoms with E-state index in [0.29, 0.717) is 5.56 Å². The number of aryl methyl sites for hydroxylation is 1. The fourth-order valence-electron chi connectivity index (χ4n) is 2.12. The van der Waals surface area contributed by atoms with Crippen molar-refractivity contribution in [3.8, 4) is 0 Å². The summed E-state index contributed by atoms with van der Waals surface area (Å²) in [6.07, 6.45) is 3.21. The Labute approximate surface area is 132 Å². The third kappa shape index (κ3) is 3.72. The molecule has 1 atom stereocenters. The van der Waals surface area contributed by atoms with Gasteiger partial charge in [-0.25, -0.2) is 0 Å². The van der Waals surface area contributed by atoms with Crippen LogP contribution in [0.3, 0.4) is 0 Å². The van der Waals surface area contributed by atoms with E-state index in [1.165, 1.54) is 31.3 Å². The SMILES string of the molecule is CC(=O)c1ccc(NC[C@](C)(O)c2cnn(C)c2)c([N+](=O)[O-])c1. The molecule has 0 saturated heterocycles. The van der Waals surface area contributed by atoms with Crippen LogP contribution < -0.4 is 5.32 Å². The van der Waals surface area contributed by atoms with Crippen molar-refractivity contribution in [1.82, 2.24) is 9.78 Å². The third-order valence-electron chi connectivity index (χ3n) is 3.55. The normalized spacial score (nSPS) is 13.4. The average molecular weight is 318 g/mol. The Bertz CT molecular complexity index is 752. The van der Waals surface area contributed by atoms with Crippen molar-refractivity contribution >= 4 is 17.2 Å². The van der Waals surface area contributed by atoms with E-state index in [0.717, 1.165) is 0 Å². The molecule has 0 spiro atoms. The maximum Gasteiger partial charge on any atom is 0.293 e. The van der Waals surface area contributed by atoms with Crippen LogP contribution in [0.4, 0.5) is 11.4 Å². The van der Waals surface area contributed by atoms with Gasteiger partial charge in [0.25, 0.3) is 5.69 Å². The number of carbonyl (C=O) groups is 1. The quantitative estimate of drug-likeness (QED) is 0.478. The molecule has 122 valence electrons. The molecule has 1 aromatic carbocycles. The Hall–Kier alpha value is -2.74. The first kappa shape index (κ1) is 16.6. The van der Waals surface area contributed by atoms with Gasteiger partial charge in [0.05, 0.1) is 11.1 Å². The van der Waals surface area contributed by atoms with Crippen molar-refractivity contribution in [1.29, 1.82) is 0 Å². The molecule has 0 amide bonds. The van der Waals surface area contributed by atoms with Crippen LogP contribution >= 0.6 is 0 Å². The fraction of sp³-hybridized carbons (Fsp3) is 0.333. The summed E-state index contributed by atoms with van der Waals surface area (Å²) in [5.41, 5.74) is -0.359. The minimum Gasteiger partial charge on any atom is -0.383 e. The van der Waals surface area contributed by atoms with Gasteiger partial charge in [-0.15, -0.1) is 0 Å². The second kappa shape index (κ2) is 6.17. The number of anilines is 1.